The summed E-state index contributed by atoms with van der Waals surface area (Å²) in [5, 5.41) is 1.11. The Kier molecular flexibility index (Phi) is 7.25. The van der Waals surface area contributed by atoms with Crippen LogP contribution in [0.25, 0.3) is 27.7 Å². The number of fused-ring (bicyclic) bond motifs is 3. The number of hydrogen-bond donors (Lipinski definition) is 0. The highest BCUT2D eigenvalue weighted by atomic mass is 19.4. The summed E-state index contributed by atoms with van der Waals surface area (Å²) >= 11 is 0. The van der Waals surface area contributed by atoms with Gasteiger partial charge in [0.15, 0.2) is 0 Å². The standard InChI is InChI=1S/C26H23F3N4O2.C2H6/c1-16(34)32-10-8-21-20-5-4-19(14-23(20)31(2)22(21)9-11-32)33-12-7-17(13-25(33)35)18-3-6-24(30-15-18)26(27,28)29;1-2/h3-7,12-15H,8-11H2,1-2H3;1-2H3. The summed E-state index contributed by atoms with van der Waals surface area (Å²) in [5.74, 6) is 0.0827. The number of carbonyl (C=O) groups is 1. The summed E-state index contributed by atoms with van der Waals surface area (Å²) in [6.45, 7) is 6.96. The van der Waals surface area contributed by atoms with Crippen molar-refractivity contribution in [2.24, 2.45) is 7.05 Å². The number of nitrogens with zero attached hydrogens (tertiary/aromatic N) is 4. The lowest BCUT2D eigenvalue weighted by molar-refractivity contribution is -0.141. The Labute approximate surface area is 213 Å². The summed E-state index contributed by atoms with van der Waals surface area (Å²) in [6, 6.07) is 11.2. The van der Waals surface area contributed by atoms with Crippen molar-refractivity contribution in [2.75, 3.05) is 13.1 Å². The van der Waals surface area contributed by atoms with Crippen molar-refractivity contribution in [3.05, 3.63) is 82.2 Å². The second kappa shape index (κ2) is 10.2. The number of aromatic nitrogens is 3. The van der Waals surface area contributed by atoms with E-state index in [0.29, 0.717) is 29.9 Å². The number of benzene rings is 1. The van der Waals surface area contributed by atoms with Crippen LogP contribution in [0.2, 0.25) is 0 Å². The predicted octanol–water partition coefficient (Wildman–Crippen LogP) is 5.38. The van der Waals surface area contributed by atoms with Gasteiger partial charge in [-0.05, 0) is 41.8 Å². The number of amides is 1. The number of rotatable bonds is 2. The van der Waals surface area contributed by atoms with Crippen molar-refractivity contribution in [3.8, 4) is 16.8 Å². The molecule has 1 aromatic carbocycles. The zero-order valence-electron chi connectivity index (χ0n) is 21.3. The lowest BCUT2D eigenvalue weighted by atomic mass is 10.1. The van der Waals surface area contributed by atoms with Crippen molar-refractivity contribution in [1.82, 2.24) is 19.0 Å². The fraction of sp³-hybridized carbons (Fsp3) is 0.321. The maximum absolute atomic E-state index is 12.9. The molecule has 0 fully saturated rings. The minimum absolute atomic E-state index is 0.0827. The molecule has 194 valence electrons. The van der Waals surface area contributed by atoms with Crippen molar-refractivity contribution < 1.29 is 18.0 Å². The largest absolute Gasteiger partial charge is 0.433 e. The number of carbonyl (C=O) groups excluding carboxylic acids is 1. The van der Waals surface area contributed by atoms with Gasteiger partial charge in [0.25, 0.3) is 5.56 Å². The zero-order chi connectivity index (χ0) is 26.9. The van der Waals surface area contributed by atoms with Gasteiger partial charge < -0.3 is 9.47 Å². The Morgan fingerprint density at radius 1 is 0.973 bits per heavy atom. The topological polar surface area (TPSA) is 60.1 Å². The van der Waals surface area contributed by atoms with Crippen LogP contribution >= 0.6 is 0 Å². The first kappa shape index (κ1) is 26.2. The quantitative estimate of drug-likeness (QED) is 0.364. The molecule has 3 aromatic heterocycles. The highest BCUT2D eigenvalue weighted by molar-refractivity contribution is 5.87. The van der Waals surface area contributed by atoms with Gasteiger partial charge in [0.05, 0.1) is 11.2 Å². The second-order valence-electron chi connectivity index (χ2n) is 8.75. The SMILES string of the molecule is CC.CC(=O)N1CCc2c(n(C)c3cc(-n4ccc(-c5ccc(C(F)(F)F)nc5)cc4=O)ccc23)CC1. The van der Waals surface area contributed by atoms with E-state index < -0.39 is 11.9 Å². The van der Waals surface area contributed by atoms with Crippen molar-refractivity contribution >= 4 is 16.8 Å². The average Bonchev–Trinajstić information content (AvgIpc) is 3.01. The highest BCUT2D eigenvalue weighted by Crippen LogP contribution is 2.31. The lowest BCUT2D eigenvalue weighted by Crippen LogP contribution is -2.31. The van der Waals surface area contributed by atoms with Crippen LogP contribution in [-0.4, -0.2) is 38.0 Å². The third kappa shape index (κ3) is 5.03. The zero-order valence-corrected chi connectivity index (χ0v) is 21.3. The number of aryl methyl sites for hydroxylation is 1. The Bertz CT molecular complexity index is 1500. The maximum atomic E-state index is 12.9. The van der Waals surface area contributed by atoms with E-state index in [-0.39, 0.29) is 11.5 Å². The van der Waals surface area contributed by atoms with E-state index in [1.165, 1.54) is 28.0 Å². The normalized spacial score (nSPS) is 13.5. The molecule has 1 aliphatic heterocycles. The first-order valence-electron chi connectivity index (χ1n) is 12.3. The molecule has 0 N–H and O–H groups in total. The molecule has 4 heterocycles. The molecule has 1 amide bonds. The summed E-state index contributed by atoms with van der Waals surface area (Å²) < 4.78 is 42.0. The van der Waals surface area contributed by atoms with Gasteiger partial charge in [-0.3, -0.25) is 19.1 Å². The Morgan fingerprint density at radius 2 is 1.70 bits per heavy atom. The molecule has 37 heavy (non-hydrogen) atoms. The molecule has 4 aromatic rings. The summed E-state index contributed by atoms with van der Waals surface area (Å²) in [7, 11) is 2.00. The van der Waals surface area contributed by atoms with E-state index in [1.807, 2.05) is 44.0 Å². The fourth-order valence-electron chi connectivity index (χ4n) is 4.82. The van der Waals surface area contributed by atoms with E-state index in [2.05, 4.69) is 9.55 Å². The maximum Gasteiger partial charge on any atom is 0.433 e. The molecule has 0 spiro atoms. The summed E-state index contributed by atoms with van der Waals surface area (Å²) in [4.78, 5) is 30.1. The molecule has 0 radical (unpaired) electrons. The van der Waals surface area contributed by atoms with Gasteiger partial charge in [-0.25, -0.2) is 0 Å². The van der Waals surface area contributed by atoms with Crippen LogP contribution in [0.15, 0.2) is 59.7 Å². The summed E-state index contributed by atoms with van der Waals surface area (Å²) in [5.41, 5.74) is 3.78. The highest BCUT2D eigenvalue weighted by Gasteiger charge is 2.32. The number of halogens is 3. The third-order valence-electron chi connectivity index (χ3n) is 6.70. The Morgan fingerprint density at radius 3 is 2.32 bits per heavy atom. The van der Waals surface area contributed by atoms with Crippen LogP contribution < -0.4 is 5.56 Å². The van der Waals surface area contributed by atoms with Gasteiger partial charge in [-0.15, -0.1) is 0 Å². The van der Waals surface area contributed by atoms with Crippen LogP contribution in [0.1, 0.15) is 37.7 Å². The molecule has 9 heteroatoms. The van der Waals surface area contributed by atoms with E-state index in [4.69, 9.17) is 0 Å². The fourth-order valence-corrected chi connectivity index (χ4v) is 4.82. The van der Waals surface area contributed by atoms with Gasteiger partial charge >= 0.3 is 6.18 Å². The molecule has 0 unspecified atom stereocenters. The first-order valence-corrected chi connectivity index (χ1v) is 12.3. The van der Waals surface area contributed by atoms with Crippen LogP contribution in [0.3, 0.4) is 0 Å². The summed E-state index contributed by atoms with van der Waals surface area (Å²) in [6.07, 6.45) is -0.220. The monoisotopic (exact) mass is 510 g/mol. The van der Waals surface area contributed by atoms with Gasteiger partial charge in [0.1, 0.15) is 5.69 Å². The number of alkyl halides is 3. The van der Waals surface area contributed by atoms with Crippen LogP contribution in [-0.2, 0) is 30.9 Å². The van der Waals surface area contributed by atoms with Gasteiger partial charge in [0, 0.05) is 68.6 Å². The minimum Gasteiger partial charge on any atom is -0.347 e. The lowest BCUT2D eigenvalue weighted by Gasteiger charge is -2.18. The van der Waals surface area contributed by atoms with Crippen molar-refractivity contribution in [1.29, 1.82) is 0 Å². The molecular weight excluding hydrogens is 481 g/mol. The minimum atomic E-state index is -4.51. The van der Waals surface area contributed by atoms with Gasteiger partial charge in [0.2, 0.25) is 5.91 Å². The van der Waals surface area contributed by atoms with Crippen LogP contribution in [0.5, 0.6) is 0 Å². The molecule has 0 aliphatic carbocycles. The number of hydrogen-bond acceptors (Lipinski definition) is 3. The van der Waals surface area contributed by atoms with E-state index >= 15 is 0 Å². The van der Waals surface area contributed by atoms with E-state index in [1.54, 1.807) is 19.2 Å². The predicted molar refractivity (Wildman–Crippen MR) is 138 cm³/mol. The average molecular weight is 511 g/mol. The second-order valence-corrected chi connectivity index (χ2v) is 8.75. The molecule has 6 nitrogen and oxygen atoms in total. The molecule has 1 aliphatic rings. The van der Waals surface area contributed by atoms with Crippen molar-refractivity contribution in [2.45, 2.75) is 39.8 Å². The van der Waals surface area contributed by atoms with E-state index in [0.717, 1.165) is 36.0 Å². The Hall–Kier alpha value is -3.88. The van der Waals surface area contributed by atoms with Crippen LogP contribution in [0, 0.1) is 0 Å². The Balaban J connectivity index is 0.00000156. The molecule has 0 bridgehead atoms. The third-order valence-corrected chi connectivity index (χ3v) is 6.70. The first-order chi connectivity index (χ1) is 17.6. The molecule has 0 saturated heterocycles. The van der Waals surface area contributed by atoms with Crippen molar-refractivity contribution in [3.63, 3.8) is 0 Å². The van der Waals surface area contributed by atoms with Crippen LogP contribution in [0.4, 0.5) is 13.2 Å². The van der Waals surface area contributed by atoms with Gasteiger partial charge in [-0.2, -0.15) is 13.2 Å². The smallest absolute Gasteiger partial charge is 0.347 e. The molecule has 0 atom stereocenters. The van der Waals surface area contributed by atoms with Gasteiger partial charge in [-0.1, -0.05) is 26.0 Å². The van der Waals surface area contributed by atoms with E-state index in [9.17, 15) is 22.8 Å². The number of pyridine rings is 2. The molecular formula is C28H29F3N4O2. The molecule has 0 saturated carbocycles. The molecule has 5 rings (SSSR count).